The van der Waals surface area contributed by atoms with Gasteiger partial charge in [0.05, 0.1) is 15.9 Å². The first-order valence-electron chi connectivity index (χ1n) is 7.58. The number of aromatic nitrogens is 2. The highest BCUT2D eigenvalue weighted by molar-refractivity contribution is 7.12. The second-order valence-electron chi connectivity index (χ2n) is 5.69. The van der Waals surface area contributed by atoms with Crippen molar-refractivity contribution in [1.29, 1.82) is 0 Å². The van der Waals surface area contributed by atoms with E-state index < -0.39 is 0 Å². The Balaban J connectivity index is 1.49. The second-order valence-corrected chi connectivity index (χ2v) is 6.64. The Morgan fingerprint density at radius 3 is 2.91 bits per heavy atom. The van der Waals surface area contributed by atoms with Crippen LogP contribution in [0.3, 0.4) is 0 Å². The summed E-state index contributed by atoms with van der Waals surface area (Å²) in [4.78, 5) is 23.0. The fraction of sp³-hybridized carbons (Fsp3) is 0.294. The minimum atomic E-state index is 0.172. The Hall–Kier alpha value is -2.14. The van der Waals surface area contributed by atoms with Crippen LogP contribution in [0.25, 0.3) is 11.0 Å². The molecular weight excluding hydrogens is 294 g/mol. The molecule has 4 heterocycles. The van der Waals surface area contributed by atoms with Gasteiger partial charge in [0, 0.05) is 25.5 Å². The van der Waals surface area contributed by atoms with Crippen LogP contribution in [0.5, 0.6) is 0 Å². The highest BCUT2D eigenvalue weighted by atomic mass is 32.1. The van der Waals surface area contributed by atoms with Crippen LogP contribution in [0.2, 0.25) is 0 Å². The number of hydrogen-bond donors (Lipinski definition) is 1. The predicted octanol–water partition coefficient (Wildman–Crippen LogP) is 3.64. The van der Waals surface area contributed by atoms with Gasteiger partial charge in [-0.25, -0.2) is 0 Å². The van der Waals surface area contributed by atoms with Gasteiger partial charge in [-0.2, -0.15) is 0 Å². The van der Waals surface area contributed by atoms with E-state index in [2.05, 4.69) is 22.2 Å². The smallest absolute Gasteiger partial charge is 0.263 e. The zero-order chi connectivity index (χ0) is 14.9. The molecule has 1 aliphatic rings. The summed E-state index contributed by atoms with van der Waals surface area (Å²) in [5.74, 6) is 0.654. The Morgan fingerprint density at radius 1 is 1.27 bits per heavy atom. The number of carbonyl (C=O) groups excluding carboxylic acids is 1. The summed E-state index contributed by atoms with van der Waals surface area (Å²) in [5, 5.41) is 1.96. The number of piperidine rings is 1. The number of fused-ring (bicyclic) bond motifs is 1. The maximum absolute atomic E-state index is 12.4. The second kappa shape index (κ2) is 5.57. The van der Waals surface area contributed by atoms with Gasteiger partial charge in [0.2, 0.25) is 0 Å². The maximum Gasteiger partial charge on any atom is 0.263 e. The molecule has 1 fully saturated rings. The van der Waals surface area contributed by atoms with Crippen LogP contribution >= 0.6 is 11.3 Å². The highest BCUT2D eigenvalue weighted by Gasteiger charge is 2.26. The SMILES string of the molecule is O=C(c1cccs1)N1CCC(c2c[nH]c3cccnc23)CC1. The molecule has 0 bridgehead atoms. The largest absolute Gasteiger partial charge is 0.360 e. The summed E-state index contributed by atoms with van der Waals surface area (Å²) in [6.45, 7) is 1.64. The standard InChI is InChI=1S/C17H17N3OS/c21-17(15-4-2-10-22-15)20-8-5-12(6-9-20)13-11-19-14-3-1-7-18-16(13)14/h1-4,7,10-12,19H,5-6,8-9H2. The number of amides is 1. The van der Waals surface area contributed by atoms with E-state index in [1.165, 1.54) is 16.9 Å². The Kier molecular flexibility index (Phi) is 3.42. The van der Waals surface area contributed by atoms with Crippen LogP contribution in [0.4, 0.5) is 0 Å². The van der Waals surface area contributed by atoms with Gasteiger partial charge in [-0.05, 0) is 47.9 Å². The van der Waals surface area contributed by atoms with Gasteiger partial charge in [0.1, 0.15) is 0 Å². The molecule has 3 aromatic rings. The molecule has 0 unspecified atom stereocenters. The Bertz CT molecular complexity index is 785. The van der Waals surface area contributed by atoms with Gasteiger partial charge in [-0.1, -0.05) is 6.07 Å². The van der Waals surface area contributed by atoms with Crippen molar-refractivity contribution in [3.05, 3.63) is 52.5 Å². The number of thiophene rings is 1. The van der Waals surface area contributed by atoms with Crippen molar-refractivity contribution in [2.45, 2.75) is 18.8 Å². The summed E-state index contributed by atoms with van der Waals surface area (Å²) in [6, 6.07) is 7.84. The first-order valence-corrected chi connectivity index (χ1v) is 8.45. The molecule has 1 N–H and O–H groups in total. The van der Waals surface area contributed by atoms with Crippen molar-refractivity contribution in [3.63, 3.8) is 0 Å². The molecule has 0 atom stereocenters. The van der Waals surface area contributed by atoms with E-state index in [1.54, 1.807) is 0 Å². The van der Waals surface area contributed by atoms with Gasteiger partial charge < -0.3 is 9.88 Å². The minimum absolute atomic E-state index is 0.172. The summed E-state index contributed by atoms with van der Waals surface area (Å²) < 4.78 is 0. The molecular formula is C17H17N3OS. The monoisotopic (exact) mass is 311 g/mol. The lowest BCUT2D eigenvalue weighted by Crippen LogP contribution is -2.37. The van der Waals surface area contributed by atoms with Crippen LogP contribution in [0.15, 0.2) is 42.0 Å². The first-order chi connectivity index (χ1) is 10.8. The van der Waals surface area contributed by atoms with Crippen molar-refractivity contribution in [2.24, 2.45) is 0 Å². The average molecular weight is 311 g/mol. The molecule has 112 valence electrons. The summed E-state index contributed by atoms with van der Waals surface area (Å²) >= 11 is 1.52. The van der Waals surface area contributed by atoms with E-state index in [9.17, 15) is 4.79 Å². The molecule has 0 radical (unpaired) electrons. The fourth-order valence-electron chi connectivity index (χ4n) is 3.24. The molecule has 0 aromatic carbocycles. The molecule has 22 heavy (non-hydrogen) atoms. The van der Waals surface area contributed by atoms with E-state index in [0.29, 0.717) is 5.92 Å². The number of hydrogen-bond acceptors (Lipinski definition) is 3. The first kappa shape index (κ1) is 13.5. The Morgan fingerprint density at radius 2 is 2.14 bits per heavy atom. The fourth-order valence-corrected chi connectivity index (χ4v) is 3.93. The zero-order valence-electron chi connectivity index (χ0n) is 12.2. The van der Waals surface area contributed by atoms with E-state index in [-0.39, 0.29) is 5.91 Å². The van der Waals surface area contributed by atoms with Crippen molar-refractivity contribution < 1.29 is 4.79 Å². The highest BCUT2D eigenvalue weighted by Crippen LogP contribution is 2.32. The van der Waals surface area contributed by atoms with Crippen molar-refractivity contribution in [3.8, 4) is 0 Å². The molecule has 0 saturated carbocycles. The van der Waals surface area contributed by atoms with Crippen LogP contribution in [0, 0.1) is 0 Å². The molecule has 1 amide bonds. The quantitative estimate of drug-likeness (QED) is 0.785. The summed E-state index contributed by atoms with van der Waals surface area (Å²) in [7, 11) is 0. The number of carbonyl (C=O) groups is 1. The van der Waals surface area contributed by atoms with Crippen molar-refractivity contribution >= 4 is 28.3 Å². The maximum atomic E-state index is 12.4. The van der Waals surface area contributed by atoms with Gasteiger partial charge in [0.25, 0.3) is 5.91 Å². The lowest BCUT2D eigenvalue weighted by atomic mass is 9.90. The van der Waals surface area contributed by atoms with Gasteiger partial charge in [0.15, 0.2) is 0 Å². The number of likely N-dealkylation sites (tertiary alicyclic amines) is 1. The number of rotatable bonds is 2. The zero-order valence-corrected chi connectivity index (χ0v) is 13.0. The summed E-state index contributed by atoms with van der Waals surface area (Å²) in [5.41, 5.74) is 3.46. The number of pyridine rings is 1. The lowest BCUT2D eigenvalue weighted by molar-refractivity contribution is 0.0718. The Labute approximate surface area is 132 Å². The molecule has 5 heteroatoms. The average Bonchev–Trinajstić information content (AvgIpc) is 3.24. The topological polar surface area (TPSA) is 49.0 Å². The molecule has 1 aliphatic heterocycles. The molecule has 0 spiro atoms. The molecule has 3 aromatic heterocycles. The normalized spacial score (nSPS) is 16.3. The minimum Gasteiger partial charge on any atom is -0.360 e. The molecule has 4 rings (SSSR count). The third-order valence-electron chi connectivity index (χ3n) is 4.42. The van der Waals surface area contributed by atoms with E-state index in [1.807, 2.05) is 34.7 Å². The molecule has 0 aliphatic carbocycles. The van der Waals surface area contributed by atoms with Gasteiger partial charge in [-0.3, -0.25) is 9.78 Å². The predicted molar refractivity (Wildman–Crippen MR) is 88.3 cm³/mol. The van der Waals surface area contributed by atoms with Crippen molar-refractivity contribution in [1.82, 2.24) is 14.9 Å². The van der Waals surface area contributed by atoms with Crippen LogP contribution in [0.1, 0.15) is 34.0 Å². The third-order valence-corrected chi connectivity index (χ3v) is 5.28. The number of H-pyrrole nitrogens is 1. The van der Waals surface area contributed by atoms with Gasteiger partial charge >= 0.3 is 0 Å². The number of nitrogens with zero attached hydrogens (tertiary/aromatic N) is 2. The van der Waals surface area contributed by atoms with Crippen LogP contribution in [-0.4, -0.2) is 33.9 Å². The lowest BCUT2D eigenvalue weighted by Gasteiger charge is -2.31. The van der Waals surface area contributed by atoms with Crippen LogP contribution in [-0.2, 0) is 0 Å². The number of aromatic amines is 1. The van der Waals surface area contributed by atoms with Crippen molar-refractivity contribution in [2.75, 3.05) is 13.1 Å². The third kappa shape index (κ3) is 2.31. The van der Waals surface area contributed by atoms with E-state index in [0.717, 1.165) is 41.8 Å². The number of nitrogens with one attached hydrogen (secondary N) is 1. The summed E-state index contributed by atoms with van der Waals surface area (Å²) in [6.07, 6.45) is 5.93. The molecule has 1 saturated heterocycles. The molecule has 4 nitrogen and oxygen atoms in total. The van der Waals surface area contributed by atoms with E-state index in [4.69, 9.17) is 0 Å². The van der Waals surface area contributed by atoms with Crippen LogP contribution < -0.4 is 0 Å². The van der Waals surface area contributed by atoms with E-state index >= 15 is 0 Å². The van der Waals surface area contributed by atoms with Gasteiger partial charge in [-0.15, -0.1) is 11.3 Å².